The van der Waals surface area contributed by atoms with Gasteiger partial charge in [0.2, 0.25) is 0 Å². The summed E-state index contributed by atoms with van der Waals surface area (Å²) in [5.74, 6) is 0. The lowest BCUT2D eigenvalue weighted by Crippen LogP contribution is -2.74. The summed E-state index contributed by atoms with van der Waals surface area (Å²) in [7, 11) is -2.73. The van der Waals surface area contributed by atoms with Gasteiger partial charge >= 0.3 is 0 Å². The predicted molar refractivity (Wildman–Crippen MR) is 244 cm³/mol. The van der Waals surface area contributed by atoms with Crippen LogP contribution in [0.15, 0.2) is 221 Å². The monoisotopic (exact) mass is 757 g/mol. The molecule has 0 N–H and O–H groups in total. The standard InChI is InChI=1S/C54H35NO2Si/c1-4-14-39(15-5-1)58(40-16-6-2-7-17-40,41-18-8-3-9-19-41)42-27-31-54-48(35-42)47-34-38(26-30-53(47)57-54)55-49-22-12-10-20-43(49)45-32-36(24-28-50(45)55)37-25-29-52-46(33-37)44-21-11-13-23-51(44)56-52/h1-35H. The van der Waals surface area contributed by atoms with Crippen LogP contribution in [0.2, 0.25) is 0 Å². The normalized spacial score (nSPS) is 12.1. The van der Waals surface area contributed by atoms with Crippen LogP contribution in [0.4, 0.5) is 0 Å². The number of rotatable bonds is 6. The van der Waals surface area contributed by atoms with Crippen LogP contribution in [-0.2, 0) is 0 Å². The molecule has 0 amide bonds. The van der Waals surface area contributed by atoms with E-state index in [0.29, 0.717) is 0 Å². The highest BCUT2D eigenvalue weighted by atomic mass is 28.3. The van der Waals surface area contributed by atoms with E-state index in [4.69, 9.17) is 8.83 Å². The molecule has 12 rings (SSSR count). The molecule has 0 unspecified atom stereocenters. The first-order valence-corrected chi connectivity index (χ1v) is 21.8. The number of furan rings is 2. The molecule has 0 spiro atoms. The number of hydrogen-bond donors (Lipinski definition) is 0. The Kier molecular flexibility index (Phi) is 7.25. The maximum Gasteiger partial charge on any atom is 0.179 e. The molecule has 0 atom stereocenters. The number of fused-ring (bicyclic) bond motifs is 9. The smallest absolute Gasteiger partial charge is 0.179 e. The summed E-state index contributed by atoms with van der Waals surface area (Å²) in [6.07, 6.45) is 0. The summed E-state index contributed by atoms with van der Waals surface area (Å²) in [5, 5.41) is 12.3. The highest BCUT2D eigenvalue weighted by Crippen LogP contribution is 2.38. The van der Waals surface area contributed by atoms with Gasteiger partial charge in [0.05, 0.1) is 11.0 Å². The Morgan fingerprint density at radius 1 is 0.293 bits per heavy atom. The average molecular weight is 758 g/mol. The van der Waals surface area contributed by atoms with Crippen LogP contribution < -0.4 is 20.7 Å². The van der Waals surface area contributed by atoms with Gasteiger partial charge in [0, 0.05) is 38.0 Å². The molecule has 0 aliphatic carbocycles. The molecule has 0 aliphatic heterocycles. The van der Waals surface area contributed by atoms with Crippen molar-refractivity contribution < 1.29 is 8.83 Å². The lowest BCUT2D eigenvalue weighted by Gasteiger charge is -2.34. The van der Waals surface area contributed by atoms with Gasteiger partial charge in [0.1, 0.15) is 22.3 Å². The lowest BCUT2D eigenvalue weighted by atomic mass is 10.0. The van der Waals surface area contributed by atoms with Crippen LogP contribution in [0.25, 0.3) is 82.5 Å². The minimum atomic E-state index is -2.73. The van der Waals surface area contributed by atoms with Crippen molar-refractivity contribution in [2.75, 3.05) is 0 Å². The molecule has 3 heterocycles. The van der Waals surface area contributed by atoms with Gasteiger partial charge in [-0.25, -0.2) is 0 Å². The molecule has 3 nitrogen and oxygen atoms in total. The molecule has 0 saturated carbocycles. The lowest BCUT2D eigenvalue weighted by molar-refractivity contribution is 0.668. The first-order valence-electron chi connectivity index (χ1n) is 19.8. The second-order valence-corrected chi connectivity index (χ2v) is 19.0. The van der Waals surface area contributed by atoms with Gasteiger partial charge in [-0.1, -0.05) is 152 Å². The Balaban J connectivity index is 1.05. The quantitative estimate of drug-likeness (QED) is 0.125. The number of aromatic nitrogens is 1. The Hall–Kier alpha value is -7.40. The van der Waals surface area contributed by atoms with E-state index < -0.39 is 8.07 Å². The first kappa shape index (κ1) is 32.8. The van der Waals surface area contributed by atoms with E-state index in [1.165, 1.54) is 48.2 Å². The van der Waals surface area contributed by atoms with Gasteiger partial charge in [0.25, 0.3) is 0 Å². The van der Waals surface area contributed by atoms with Crippen LogP contribution in [-0.4, -0.2) is 12.6 Å². The fraction of sp³-hybridized carbons (Fsp3) is 0. The van der Waals surface area contributed by atoms with Crippen molar-refractivity contribution in [1.29, 1.82) is 0 Å². The van der Waals surface area contributed by atoms with Gasteiger partial charge in [0.15, 0.2) is 8.07 Å². The zero-order valence-corrected chi connectivity index (χ0v) is 32.5. The van der Waals surface area contributed by atoms with Crippen molar-refractivity contribution in [1.82, 2.24) is 4.57 Å². The molecule has 272 valence electrons. The Morgan fingerprint density at radius 3 is 1.43 bits per heavy atom. The van der Waals surface area contributed by atoms with Crippen molar-refractivity contribution in [3.05, 3.63) is 212 Å². The van der Waals surface area contributed by atoms with Gasteiger partial charge in [-0.15, -0.1) is 0 Å². The minimum Gasteiger partial charge on any atom is -0.456 e. The minimum absolute atomic E-state index is 0.882. The van der Waals surface area contributed by atoms with E-state index >= 15 is 0 Å². The maximum atomic E-state index is 6.60. The molecule has 9 aromatic carbocycles. The SMILES string of the molecule is c1ccc([Si](c2ccccc2)(c2ccccc2)c2ccc3oc4ccc(-n5c6ccccc6c6cc(-c7ccc8oc9ccccc9c8c7)ccc65)cc4c3c2)cc1. The van der Waals surface area contributed by atoms with Gasteiger partial charge in [-0.3, -0.25) is 0 Å². The van der Waals surface area contributed by atoms with Crippen LogP contribution in [0.1, 0.15) is 0 Å². The van der Waals surface area contributed by atoms with Crippen molar-refractivity contribution >= 4 is 94.5 Å². The third-order valence-electron chi connectivity index (χ3n) is 12.1. The summed E-state index contributed by atoms with van der Waals surface area (Å²) in [6.45, 7) is 0. The summed E-state index contributed by atoms with van der Waals surface area (Å²) < 4.78 is 15.2. The fourth-order valence-electron chi connectivity index (χ4n) is 9.54. The number of hydrogen-bond acceptors (Lipinski definition) is 2. The van der Waals surface area contributed by atoms with Crippen LogP contribution in [0.5, 0.6) is 0 Å². The van der Waals surface area contributed by atoms with Crippen molar-refractivity contribution in [3.8, 4) is 16.8 Å². The Bertz CT molecular complexity index is 3410. The third kappa shape index (κ3) is 4.85. The van der Waals surface area contributed by atoms with E-state index in [2.05, 4.69) is 205 Å². The van der Waals surface area contributed by atoms with E-state index in [-0.39, 0.29) is 0 Å². The van der Waals surface area contributed by atoms with Crippen molar-refractivity contribution in [2.45, 2.75) is 0 Å². The highest BCUT2D eigenvalue weighted by molar-refractivity contribution is 7.20. The third-order valence-corrected chi connectivity index (χ3v) is 16.9. The van der Waals surface area contributed by atoms with E-state index in [0.717, 1.165) is 55.1 Å². The summed E-state index contributed by atoms with van der Waals surface area (Å²) >= 11 is 0. The summed E-state index contributed by atoms with van der Waals surface area (Å²) in [6, 6.07) is 77.3. The molecule has 0 bridgehead atoms. The van der Waals surface area contributed by atoms with Crippen LogP contribution >= 0.6 is 0 Å². The molecule has 3 aromatic heterocycles. The number of para-hydroxylation sites is 2. The summed E-state index contributed by atoms with van der Waals surface area (Å²) in [4.78, 5) is 0. The van der Waals surface area contributed by atoms with Crippen molar-refractivity contribution in [2.24, 2.45) is 0 Å². The molecule has 12 aromatic rings. The van der Waals surface area contributed by atoms with E-state index in [9.17, 15) is 0 Å². The van der Waals surface area contributed by atoms with Crippen molar-refractivity contribution in [3.63, 3.8) is 0 Å². The molecule has 4 heteroatoms. The van der Waals surface area contributed by atoms with Gasteiger partial charge in [-0.2, -0.15) is 0 Å². The first-order chi connectivity index (χ1) is 28.7. The highest BCUT2D eigenvalue weighted by Gasteiger charge is 2.41. The van der Waals surface area contributed by atoms with Gasteiger partial charge < -0.3 is 13.4 Å². The second kappa shape index (κ2) is 12.8. The molecule has 0 radical (unpaired) electrons. The number of benzene rings is 9. The largest absolute Gasteiger partial charge is 0.456 e. The zero-order valence-electron chi connectivity index (χ0n) is 31.5. The topological polar surface area (TPSA) is 31.2 Å². The van der Waals surface area contributed by atoms with Gasteiger partial charge in [-0.05, 0) is 92.5 Å². The van der Waals surface area contributed by atoms with E-state index in [1.807, 2.05) is 12.1 Å². The summed E-state index contributed by atoms with van der Waals surface area (Å²) in [5.41, 5.74) is 9.37. The molecule has 0 aliphatic rings. The molecule has 58 heavy (non-hydrogen) atoms. The number of nitrogens with zero attached hydrogens (tertiary/aromatic N) is 1. The Morgan fingerprint density at radius 2 is 0.759 bits per heavy atom. The van der Waals surface area contributed by atoms with Crippen LogP contribution in [0, 0.1) is 0 Å². The molecular weight excluding hydrogens is 723 g/mol. The second-order valence-electron chi connectivity index (χ2n) is 15.2. The van der Waals surface area contributed by atoms with E-state index in [1.54, 1.807) is 0 Å². The molecule has 0 saturated heterocycles. The zero-order chi connectivity index (χ0) is 38.2. The molecular formula is C54H35NO2Si. The maximum absolute atomic E-state index is 6.60. The average Bonchev–Trinajstić information content (AvgIpc) is 3.96. The predicted octanol–water partition coefficient (Wildman–Crippen LogP) is 11.6. The van der Waals surface area contributed by atoms with Crippen LogP contribution in [0.3, 0.4) is 0 Å². The fourth-order valence-corrected chi connectivity index (χ4v) is 14.3. The molecule has 0 fully saturated rings. The Labute approximate surface area is 335 Å².